The zero-order valence-corrected chi connectivity index (χ0v) is 25.5. The number of nitrogens with one attached hydrogen (secondary N) is 4. The molecule has 8 nitrogen and oxygen atoms in total. The molecule has 4 N–H and O–H groups in total. The quantitative estimate of drug-likeness (QED) is 0.130. The van der Waals surface area contributed by atoms with Gasteiger partial charge in [0.15, 0.2) is 0 Å². The highest BCUT2D eigenvalue weighted by molar-refractivity contribution is 6.36. The second-order valence-corrected chi connectivity index (χ2v) is 11.4. The Balaban J connectivity index is 1.55. The van der Waals surface area contributed by atoms with E-state index in [2.05, 4.69) is 64.4 Å². The van der Waals surface area contributed by atoms with Crippen molar-refractivity contribution in [3.63, 3.8) is 0 Å². The van der Waals surface area contributed by atoms with Crippen molar-refractivity contribution in [3.05, 3.63) is 112 Å². The fourth-order valence-corrected chi connectivity index (χ4v) is 5.34. The zero-order valence-electron chi connectivity index (χ0n) is 24.0. The minimum absolute atomic E-state index is 0.0250. The van der Waals surface area contributed by atoms with Gasteiger partial charge in [0.05, 0.1) is 45.6 Å². The van der Waals surface area contributed by atoms with Crippen molar-refractivity contribution >= 4 is 45.5 Å². The Labute approximate surface area is 261 Å². The highest BCUT2D eigenvalue weighted by atomic mass is 35.5. The number of hydrogen-bond donors (Lipinski definition) is 4. The average Bonchev–Trinajstić information content (AvgIpc) is 3.77. The average molecular weight is 612 g/mol. The number of hydrazine groups is 2. The fraction of sp³-hybridized carbons (Fsp3) is 0.242. The van der Waals surface area contributed by atoms with Crippen LogP contribution in [0.1, 0.15) is 50.3 Å². The van der Waals surface area contributed by atoms with Crippen LogP contribution in [0.2, 0.25) is 5.02 Å². The number of pyridine rings is 1. The minimum Gasteiger partial charge on any atom is -0.377 e. The Morgan fingerprint density at radius 1 is 1.21 bits per heavy atom. The molecule has 2 heterocycles. The van der Waals surface area contributed by atoms with Crippen molar-refractivity contribution < 1.29 is 0 Å². The monoisotopic (exact) mass is 610 g/mol. The summed E-state index contributed by atoms with van der Waals surface area (Å²) >= 11 is 13.5. The molecule has 0 saturated heterocycles. The van der Waals surface area contributed by atoms with Gasteiger partial charge < -0.3 is 16.1 Å². The normalized spacial score (nSPS) is 16.5. The summed E-state index contributed by atoms with van der Waals surface area (Å²) in [6.45, 7) is 8.11. The number of fused-ring (bicyclic) bond motifs is 1. The number of nitrogens with zero attached hydrogens (tertiary/aromatic N) is 4. The van der Waals surface area contributed by atoms with E-state index in [1.54, 1.807) is 31.3 Å². The van der Waals surface area contributed by atoms with E-state index in [0.717, 1.165) is 30.5 Å². The molecule has 43 heavy (non-hydrogen) atoms. The Kier molecular flexibility index (Phi) is 9.23. The molecule has 0 radical (unpaired) electrons. The molecule has 1 aromatic heterocycles. The van der Waals surface area contributed by atoms with E-state index in [1.807, 2.05) is 35.5 Å². The molecule has 0 amide bonds. The van der Waals surface area contributed by atoms with Gasteiger partial charge in [0.25, 0.3) is 0 Å². The number of anilines is 2. The van der Waals surface area contributed by atoms with Crippen LogP contribution in [0.15, 0.2) is 95.5 Å². The largest absolute Gasteiger partial charge is 0.377 e. The molecule has 3 aromatic rings. The van der Waals surface area contributed by atoms with Crippen molar-refractivity contribution in [1.29, 1.82) is 10.5 Å². The Bertz CT molecular complexity index is 1710. The van der Waals surface area contributed by atoms with Crippen molar-refractivity contribution in [1.82, 2.24) is 21.0 Å². The molecule has 218 valence electrons. The van der Waals surface area contributed by atoms with Crippen LogP contribution in [-0.4, -0.2) is 22.1 Å². The zero-order chi connectivity index (χ0) is 30.5. The van der Waals surface area contributed by atoms with Crippen LogP contribution in [0, 0.1) is 22.7 Å². The number of allylic oxidation sites excluding steroid dienone is 3. The topological polar surface area (TPSA) is 112 Å². The maximum absolute atomic E-state index is 10.0. The highest BCUT2D eigenvalue weighted by Crippen LogP contribution is 2.37. The maximum atomic E-state index is 10.0. The fourth-order valence-electron chi connectivity index (χ4n) is 4.90. The van der Waals surface area contributed by atoms with Gasteiger partial charge in [-0.1, -0.05) is 67.0 Å². The lowest BCUT2D eigenvalue weighted by molar-refractivity contribution is 0.260. The first-order valence-electron chi connectivity index (χ1n) is 14.1. The van der Waals surface area contributed by atoms with Gasteiger partial charge in [0, 0.05) is 40.1 Å². The number of rotatable bonds is 11. The summed E-state index contributed by atoms with van der Waals surface area (Å²) in [5, 5.41) is 29.9. The molecule has 2 aliphatic rings. The summed E-state index contributed by atoms with van der Waals surface area (Å²) in [4.78, 5) is 4.52. The molecule has 1 saturated carbocycles. The van der Waals surface area contributed by atoms with E-state index in [-0.39, 0.29) is 6.04 Å². The molecular formula is C33H32Cl2N8. The van der Waals surface area contributed by atoms with Gasteiger partial charge in [-0.3, -0.25) is 9.99 Å². The third kappa shape index (κ3) is 6.79. The van der Waals surface area contributed by atoms with Crippen LogP contribution in [0.5, 0.6) is 0 Å². The van der Waals surface area contributed by atoms with Gasteiger partial charge in [-0.15, -0.1) is 5.53 Å². The first-order valence-corrected chi connectivity index (χ1v) is 14.8. The van der Waals surface area contributed by atoms with Gasteiger partial charge in [0.2, 0.25) is 0 Å². The molecule has 10 heteroatoms. The Hall–Kier alpha value is -4.47. The third-order valence-corrected chi connectivity index (χ3v) is 8.11. The predicted molar refractivity (Wildman–Crippen MR) is 174 cm³/mol. The molecular weight excluding hydrogens is 579 g/mol. The van der Waals surface area contributed by atoms with E-state index in [9.17, 15) is 5.26 Å². The summed E-state index contributed by atoms with van der Waals surface area (Å²) in [5.41, 5.74) is 11.9. The van der Waals surface area contributed by atoms with Crippen LogP contribution in [0.4, 0.5) is 11.4 Å². The lowest BCUT2D eigenvalue weighted by Crippen LogP contribution is -2.40. The minimum atomic E-state index is -0.472. The molecule has 2 aromatic carbocycles. The van der Waals surface area contributed by atoms with Gasteiger partial charge in [0.1, 0.15) is 6.07 Å². The van der Waals surface area contributed by atoms with E-state index in [0.29, 0.717) is 55.1 Å². The van der Waals surface area contributed by atoms with Crippen LogP contribution in [-0.2, 0) is 0 Å². The lowest BCUT2D eigenvalue weighted by atomic mass is 10.0. The SMILES string of the molecule is C=C(/C(Cl)=C\C=C(/C)C#N)[C@H](Nc1cc(Cl)c2ncc(C#N)c(N[C@H](CC)c3ccccc3)c2c1)C1=CN(C2CC2)NN1. The maximum Gasteiger partial charge on any atom is 0.103 e. The van der Waals surface area contributed by atoms with Crippen LogP contribution in [0.25, 0.3) is 10.9 Å². The van der Waals surface area contributed by atoms with Crippen molar-refractivity contribution in [3.8, 4) is 12.1 Å². The Morgan fingerprint density at radius 2 is 1.98 bits per heavy atom. The van der Waals surface area contributed by atoms with E-state index in [1.165, 1.54) is 0 Å². The van der Waals surface area contributed by atoms with Gasteiger partial charge in [-0.2, -0.15) is 10.5 Å². The van der Waals surface area contributed by atoms with Crippen LogP contribution >= 0.6 is 23.2 Å². The molecule has 0 bridgehead atoms. The lowest BCUT2D eigenvalue weighted by Gasteiger charge is -2.24. The first-order chi connectivity index (χ1) is 20.8. The first kappa shape index (κ1) is 30.0. The summed E-state index contributed by atoms with van der Waals surface area (Å²) in [6.07, 6.45) is 9.93. The van der Waals surface area contributed by atoms with Gasteiger partial charge in [-0.25, -0.2) is 0 Å². The predicted octanol–water partition coefficient (Wildman–Crippen LogP) is 7.58. The standard InChI is InChI=1S/C33H32Cl2N8/c1-4-29(22-8-6-5-7-9-22)40-32-23(17-37)18-38-33-26(32)14-24(15-28(33)35)39-31(21(3)27(34)13-10-20(2)16-36)30-19-43(42-41-30)25-11-12-25/h5-10,13-15,18-19,25,29,31,39,41-42H,3-4,11-12H2,1-2H3,(H,38,40)/b20-10+,27-13+/t29-,31+/m1/s1. The van der Waals surface area contributed by atoms with Gasteiger partial charge >= 0.3 is 0 Å². The van der Waals surface area contributed by atoms with E-state index >= 15 is 0 Å². The molecule has 0 spiro atoms. The number of halogens is 2. The van der Waals surface area contributed by atoms with Crippen molar-refractivity contribution in [2.45, 2.75) is 51.2 Å². The molecule has 0 unspecified atom stereocenters. The summed E-state index contributed by atoms with van der Waals surface area (Å²) in [7, 11) is 0. The second-order valence-electron chi connectivity index (χ2n) is 10.6. The van der Waals surface area contributed by atoms with E-state index < -0.39 is 6.04 Å². The summed E-state index contributed by atoms with van der Waals surface area (Å²) in [6, 6.07) is 18.2. The van der Waals surface area contributed by atoms with E-state index in [4.69, 9.17) is 28.5 Å². The molecule has 1 aliphatic heterocycles. The molecule has 2 atom stereocenters. The van der Waals surface area contributed by atoms with Crippen LogP contribution < -0.4 is 21.6 Å². The summed E-state index contributed by atoms with van der Waals surface area (Å²) in [5.74, 6) is 0. The van der Waals surface area contributed by atoms with Crippen molar-refractivity contribution in [2.75, 3.05) is 10.6 Å². The number of aromatic nitrogens is 1. The van der Waals surface area contributed by atoms with Crippen molar-refractivity contribution in [2.24, 2.45) is 0 Å². The van der Waals surface area contributed by atoms with Gasteiger partial charge in [-0.05, 0) is 61.6 Å². The number of nitriles is 2. The highest BCUT2D eigenvalue weighted by Gasteiger charge is 2.33. The molecule has 1 fully saturated rings. The number of hydrogen-bond acceptors (Lipinski definition) is 8. The second kappa shape index (κ2) is 13.2. The molecule has 1 aliphatic carbocycles. The smallest absolute Gasteiger partial charge is 0.103 e. The Morgan fingerprint density at radius 3 is 2.65 bits per heavy atom. The molecule has 5 rings (SSSR count). The third-order valence-electron chi connectivity index (χ3n) is 7.46. The van der Waals surface area contributed by atoms with Crippen LogP contribution in [0.3, 0.4) is 0 Å². The number of benzene rings is 2. The summed E-state index contributed by atoms with van der Waals surface area (Å²) < 4.78 is 0.